The van der Waals surface area contributed by atoms with Gasteiger partial charge in [-0.25, -0.2) is 0 Å². The number of hydrogen-bond acceptors (Lipinski definition) is 5. The van der Waals surface area contributed by atoms with Crippen molar-refractivity contribution in [2.24, 2.45) is 11.8 Å². The maximum Gasteiger partial charge on any atom is 0.303 e. The summed E-state index contributed by atoms with van der Waals surface area (Å²) < 4.78 is 19.0. The van der Waals surface area contributed by atoms with Crippen LogP contribution in [0.1, 0.15) is 71.3 Å². The van der Waals surface area contributed by atoms with Crippen LogP contribution in [0.25, 0.3) is 0 Å². The van der Waals surface area contributed by atoms with E-state index in [1.165, 1.54) is 5.56 Å². The number of aliphatic hydroxyl groups is 1. The third kappa shape index (κ3) is 8.12. The molecule has 0 spiro atoms. The van der Waals surface area contributed by atoms with Crippen molar-refractivity contribution in [1.82, 2.24) is 0 Å². The monoisotopic (exact) mass is 506 g/mol. The Hall–Kier alpha value is -1.25. The number of carboxylic acids is 1. The molecule has 1 aromatic rings. The minimum atomic E-state index is -2.00. The van der Waals surface area contributed by atoms with E-state index >= 15 is 0 Å². The first-order chi connectivity index (χ1) is 16.5. The molecule has 2 N–H and O–H groups in total. The van der Waals surface area contributed by atoms with Crippen LogP contribution in [-0.4, -0.2) is 55.7 Å². The molecule has 1 saturated heterocycles. The van der Waals surface area contributed by atoms with E-state index in [0.717, 1.165) is 38.5 Å². The summed E-state index contributed by atoms with van der Waals surface area (Å²) in [6.45, 7) is 12.0. The second kappa shape index (κ2) is 12.3. The molecule has 1 heterocycles. The third-order valence-corrected chi connectivity index (χ3v) is 12.8. The van der Waals surface area contributed by atoms with Crippen molar-refractivity contribution in [2.45, 2.75) is 115 Å². The smallest absolute Gasteiger partial charge is 0.303 e. The Kier molecular flexibility index (Phi) is 9.97. The van der Waals surface area contributed by atoms with Crippen LogP contribution in [0.2, 0.25) is 18.1 Å². The molecule has 1 aliphatic heterocycles. The van der Waals surface area contributed by atoms with Crippen LogP contribution in [0.4, 0.5) is 0 Å². The zero-order valence-corrected chi connectivity index (χ0v) is 23.2. The van der Waals surface area contributed by atoms with Crippen LogP contribution in [0.15, 0.2) is 30.3 Å². The first-order valence-corrected chi connectivity index (χ1v) is 16.3. The summed E-state index contributed by atoms with van der Waals surface area (Å²) in [6.07, 6.45) is 4.71. The van der Waals surface area contributed by atoms with Gasteiger partial charge in [0.1, 0.15) is 0 Å². The van der Waals surface area contributed by atoms with E-state index in [9.17, 15) is 15.0 Å². The molecule has 0 amide bonds. The molecule has 198 valence electrons. The van der Waals surface area contributed by atoms with Crippen LogP contribution in [0.5, 0.6) is 0 Å². The Morgan fingerprint density at radius 3 is 2.49 bits per heavy atom. The molecule has 0 bridgehead atoms. The Labute approximate surface area is 212 Å². The Bertz CT molecular complexity index is 786. The van der Waals surface area contributed by atoms with Crippen molar-refractivity contribution < 1.29 is 28.9 Å². The molecule has 35 heavy (non-hydrogen) atoms. The second-order valence-electron chi connectivity index (χ2n) is 12.0. The number of ether oxygens (including phenoxy) is 2. The summed E-state index contributed by atoms with van der Waals surface area (Å²) in [5.41, 5.74) is 1.24. The summed E-state index contributed by atoms with van der Waals surface area (Å²) in [5.74, 6) is -1.22. The maximum absolute atomic E-state index is 11.6. The molecule has 2 aliphatic rings. The third-order valence-electron chi connectivity index (χ3n) is 8.27. The highest BCUT2D eigenvalue weighted by Gasteiger charge is 2.45. The predicted octanol–water partition coefficient (Wildman–Crippen LogP) is 5.78. The number of rotatable bonds is 11. The highest BCUT2D eigenvalue weighted by atomic mass is 28.4. The van der Waals surface area contributed by atoms with Gasteiger partial charge in [0.15, 0.2) is 14.6 Å². The van der Waals surface area contributed by atoms with Gasteiger partial charge < -0.3 is 24.1 Å². The lowest BCUT2D eigenvalue weighted by Gasteiger charge is -2.40. The molecule has 1 saturated carbocycles. The topological polar surface area (TPSA) is 85.2 Å². The quantitative estimate of drug-likeness (QED) is 0.370. The predicted molar refractivity (Wildman–Crippen MR) is 140 cm³/mol. The molecule has 2 fully saturated rings. The molecule has 0 radical (unpaired) electrons. The number of carboxylic acid groups (broad SMARTS) is 1. The van der Waals surface area contributed by atoms with E-state index in [2.05, 4.69) is 58.1 Å². The van der Waals surface area contributed by atoms with Gasteiger partial charge >= 0.3 is 5.97 Å². The van der Waals surface area contributed by atoms with Gasteiger partial charge in [0.05, 0.1) is 18.6 Å². The van der Waals surface area contributed by atoms with Gasteiger partial charge in [0.2, 0.25) is 0 Å². The van der Waals surface area contributed by atoms with Crippen molar-refractivity contribution in [3.05, 3.63) is 35.9 Å². The molecule has 1 unspecified atom stereocenters. The van der Waals surface area contributed by atoms with Crippen molar-refractivity contribution in [3.63, 3.8) is 0 Å². The van der Waals surface area contributed by atoms with Gasteiger partial charge in [-0.15, -0.1) is 0 Å². The van der Waals surface area contributed by atoms with E-state index in [1.807, 2.05) is 6.07 Å². The lowest BCUT2D eigenvalue weighted by atomic mass is 9.85. The molecular weight excluding hydrogens is 460 g/mol. The lowest BCUT2D eigenvalue weighted by molar-refractivity contribution is -0.196. The summed E-state index contributed by atoms with van der Waals surface area (Å²) in [4.78, 5) is 11.6. The number of benzene rings is 1. The van der Waals surface area contributed by atoms with Crippen LogP contribution in [0.3, 0.4) is 0 Å². The fraction of sp³-hybridized carbons (Fsp3) is 0.750. The van der Waals surface area contributed by atoms with Gasteiger partial charge in [0, 0.05) is 25.0 Å². The van der Waals surface area contributed by atoms with Crippen molar-refractivity contribution in [1.29, 1.82) is 0 Å². The highest BCUT2D eigenvalue weighted by molar-refractivity contribution is 6.74. The second-order valence-corrected chi connectivity index (χ2v) is 16.7. The van der Waals surface area contributed by atoms with Gasteiger partial charge in [-0.1, -0.05) is 51.1 Å². The van der Waals surface area contributed by atoms with E-state index < -0.39 is 20.4 Å². The Morgan fingerprint density at radius 2 is 1.89 bits per heavy atom. The number of aliphatic hydroxyl groups excluding tert-OH is 1. The number of hydrogen-bond donors (Lipinski definition) is 2. The van der Waals surface area contributed by atoms with Crippen molar-refractivity contribution in [3.8, 4) is 0 Å². The largest absolute Gasteiger partial charge is 0.481 e. The summed E-state index contributed by atoms with van der Waals surface area (Å²) in [6, 6.07) is 10.4. The highest BCUT2D eigenvalue weighted by Crippen LogP contribution is 2.42. The standard InChI is InChI=1S/C28H46O6Si/c1-28(2,3)35(4,5)34-21(17-20-11-7-6-8-12-20)14-15-22-23(18-26(30)31)24(29)19-25(22)33-27-13-9-10-16-32-27/h6-8,11-12,21-25,27,29H,9-10,13-19H2,1-5H3,(H,30,31)/t21-,22-,23+,24-,25+,27?/m0/s1. The molecule has 6 atom stereocenters. The van der Waals surface area contributed by atoms with Crippen molar-refractivity contribution in [2.75, 3.05) is 6.61 Å². The molecule has 6 nitrogen and oxygen atoms in total. The van der Waals surface area contributed by atoms with Crippen LogP contribution < -0.4 is 0 Å². The molecule has 1 aliphatic carbocycles. The van der Waals surface area contributed by atoms with E-state index in [-0.39, 0.29) is 41.8 Å². The normalized spacial score (nSPS) is 28.7. The fourth-order valence-corrected chi connectivity index (χ4v) is 6.65. The Balaban J connectivity index is 1.75. The minimum Gasteiger partial charge on any atom is -0.481 e. The zero-order chi connectivity index (χ0) is 25.6. The van der Waals surface area contributed by atoms with Crippen LogP contribution in [-0.2, 0) is 25.1 Å². The van der Waals surface area contributed by atoms with E-state index in [1.54, 1.807) is 0 Å². The fourth-order valence-electron chi connectivity index (χ4n) is 5.26. The lowest BCUT2D eigenvalue weighted by Crippen LogP contribution is -2.44. The van der Waals surface area contributed by atoms with E-state index in [4.69, 9.17) is 13.9 Å². The average molecular weight is 507 g/mol. The molecule has 3 rings (SSSR count). The summed E-state index contributed by atoms with van der Waals surface area (Å²) >= 11 is 0. The van der Waals surface area contributed by atoms with Crippen molar-refractivity contribution >= 4 is 14.3 Å². The minimum absolute atomic E-state index is 0.0343. The molecule has 7 heteroatoms. The van der Waals surface area contributed by atoms with E-state index in [0.29, 0.717) is 13.0 Å². The van der Waals surface area contributed by atoms with Gasteiger partial charge in [-0.05, 0) is 68.1 Å². The summed E-state index contributed by atoms with van der Waals surface area (Å²) in [5, 5.41) is 20.4. The molecule has 1 aromatic carbocycles. The first kappa shape index (κ1) is 28.3. The average Bonchev–Trinajstić information content (AvgIpc) is 3.05. The van der Waals surface area contributed by atoms with Gasteiger partial charge in [-0.2, -0.15) is 0 Å². The van der Waals surface area contributed by atoms with Crippen LogP contribution >= 0.6 is 0 Å². The Morgan fingerprint density at radius 1 is 1.17 bits per heavy atom. The summed E-state index contributed by atoms with van der Waals surface area (Å²) in [7, 11) is -2.00. The maximum atomic E-state index is 11.6. The van der Waals surface area contributed by atoms with Crippen LogP contribution in [0, 0.1) is 11.8 Å². The number of aliphatic carboxylic acids is 1. The SMILES string of the molecule is CC(C)(C)[Si](C)(C)O[C@@H](CC[C@H]1[C@@H](CC(=O)O)[C@@H](O)C[C@H]1OC1CCCCO1)Cc1ccccc1. The molecule has 0 aromatic heterocycles. The molecular formula is C28H46O6Si. The van der Waals surface area contributed by atoms with Gasteiger partial charge in [-0.3, -0.25) is 4.79 Å². The van der Waals surface area contributed by atoms with Gasteiger partial charge in [0.25, 0.3) is 0 Å². The first-order valence-electron chi connectivity index (χ1n) is 13.3. The number of carbonyl (C=O) groups is 1. The zero-order valence-electron chi connectivity index (χ0n) is 22.2.